The second-order valence-electron chi connectivity index (χ2n) is 5.52. The molecule has 5 nitrogen and oxygen atoms in total. The number of halogens is 2. The maximum absolute atomic E-state index is 13.5. The molecule has 0 saturated carbocycles. The third-order valence-electron chi connectivity index (χ3n) is 3.62. The Morgan fingerprint density at radius 2 is 1.64 bits per heavy atom. The molecule has 3 rings (SSSR count). The highest BCUT2D eigenvalue weighted by Crippen LogP contribution is 2.19. The maximum atomic E-state index is 13.5. The molecule has 1 amide bonds. The lowest BCUT2D eigenvalue weighted by Gasteiger charge is -2.10. The topological polar surface area (TPSA) is 78.0 Å². The van der Waals surface area contributed by atoms with Gasteiger partial charge in [-0.15, -0.1) is 0 Å². The van der Waals surface area contributed by atoms with Crippen LogP contribution in [0.4, 0.5) is 8.78 Å². The summed E-state index contributed by atoms with van der Waals surface area (Å²) < 4.78 is 27.8. The Bertz CT molecular complexity index is 1010. The van der Waals surface area contributed by atoms with Gasteiger partial charge in [-0.05, 0) is 25.1 Å². The van der Waals surface area contributed by atoms with Gasteiger partial charge >= 0.3 is 0 Å². The van der Waals surface area contributed by atoms with E-state index in [-0.39, 0.29) is 16.9 Å². The molecule has 3 aromatic rings. The summed E-state index contributed by atoms with van der Waals surface area (Å²) in [6.07, 6.45) is 0. The number of benzene rings is 2. The Hall–Kier alpha value is -3.35. The summed E-state index contributed by atoms with van der Waals surface area (Å²) in [7, 11) is 0. The fourth-order valence-electron chi connectivity index (χ4n) is 2.37. The van der Waals surface area contributed by atoms with Crippen LogP contribution < -0.4 is 11.3 Å². The molecule has 0 saturated heterocycles. The molecule has 2 N–H and O–H groups in total. The van der Waals surface area contributed by atoms with E-state index in [0.717, 1.165) is 22.4 Å². The largest absolute Gasteiger partial charge is 0.365 e. The average Bonchev–Trinajstić information content (AvgIpc) is 2.54. The van der Waals surface area contributed by atoms with E-state index in [1.54, 1.807) is 12.1 Å². The fourth-order valence-corrected chi connectivity index (χ4v) is 2.37. The van der Waals surface area contributed by atoms with Crippen LogP contribution in [0.25, 0.3) is 16.9 Å². The number of primary amides is 1. The molecule has 0 bridgehead atoms. The van der Waals surface area contributed by atoms with E-state index in [4.69, 9.17) is 5.73 Å². The van der Waals surface area contributed by atoms with E-state index in [1.807, 2.05) is 19.1 Å². The van der Waals surface area contributed by atoms with Crippen LogP contribution in [0.5, 0.6) is 0 Å². The van der Waals surface area contributed by atoms with Crippen LogP contribution in [0.15, 0.2) is 53.3 Å². The Morgan fingerprint density at radius 1 is 1.04 bits per heavy atom. The zero-order valence-electron chi connectivity index (χ0n) is 13.2. The van der Waals surface area contributed by atoms with Crippen molar-refractivity contribution < 1.29 is 13.6 Å². The lowest BCUT2D eigenvalue weighted by molar-refractivity contribution is 0.0998. The van der Waals surface area contributed by atoms with Crippen molar-refractivity contribution in [2.24, 2.45) is 5.73 Å². The molecule has 25 heavy (non-hydrogen) atoms. The van der Waals surface area contributed by atoms with Gasteiger partial charge in [-0.1, -0.05) is 29.8 Å². The number of nitrogens with zero attached hydrogens (tertiary/aromatic N) is 2. The van der Waals surface area contributed by atoms with Gasteiger partial charge in [-0.2, -0.15) is 9.78 Å². The van der Waals surface area contributed by atoms with Crippen LogP contribution in [-0.2, 0) is 0 Å². The summed E-state index contributed by atoms with van der Waals surface area (Å²) in [6.45, 7) is 1.91. The lowest BCUT2D eigenvalue weighted by Crippen LogP contribution is -2.30. The number of hydrogen-bond donors (Lipinski definition) is 1. The van der Waals surface area contributed by atoms with Gasteiger partial charge in [0.15, 0.2) is 0 Å². The van der Waals surface area contributed by atoms with Gasteiger partial charge in [0, 0.05) is 11.6 Å². The van der Waals surface area contributed by atoms with Crippen LogP contribution in [-0.4, -0.2) is 15.7 Å². The predicted molar refractivity (Wildman–Crippen MR) is 88.4 cm³/mol. The highest BCUT2D eigenvalue weighted by atomic mass is 19.1. The van der Waals surface area contributed by atoms with Crippen molar-refractivity contribution in [2.75, 3.05) is 0 Å². The van der Waals surface area contributed by atoms with E-state index in [2.05, 4.69) is 5.10 Å². The number of aromatic nitrogens is 2. The summed E-state index contributed by atoms with van der Waals surface area (Å²) >= 11 is 0. The normalized spacial score (nSPS) is 10.7. The molecule has 0 unspecified atom stereocenters. The standard InChI is InChI=1S/C18H13F2N3O2/c1-10-2-4-11(5-3-10)16-9-15(17(21)24)18(25)23(22-16)14-7-12(19)6-13(20)8-14/h2-9H,1H3,(H2,21,24). The average molecular weight is 341 g/mol. The van der Waals surface area contributed by atoms with Crippen LogP contribution in [0.2, 0.25) is 0 Å². The summed E-state index contributed by atoms with van der Waals surface area (Å²) in [5.41, 5.74) is 5.86. The first kappa shape index (κ1) is 16.5. The van der Waals surface area contributed by atoms with Crippen molar-refractivity contribution in [3.63, 3.8) is 0 Å². The van der Waals surface area contributed by atoms with Crippen LogP contribution in [0.1, 0.15) is 15.9 Å². The number of carbonyl (C=O) groups excluding carboxylic acids is 1. The number of carbonyl (C=O) groups is 1. The first-order chi connectivity index (χ1) is 11.8. The SMILES string of the molecule is Cc1ccc(-c2cc(C(N)=O)c(=O)n(-c3cc(F)cc(F)c3)n2)cc1. The molecule has 0 aliphatic rings. The number of rotatable bonds is 3. The van der Waals surface area contributed by atoms with E-state index < -0.39 is 23.1 Å². The Balaban J connectivity index is 2.29. The van der Waals surface area contributed by atoms with Crippen LogP contribution in [0, 0.1) is 18.6 Å². The van der Waals surface area contributed by atoms with Crippen molar-refractivity contribution in [1.29, 1.82) is 0 Å². The first-order valence-electron chi connectivity index (χ1n) is 7.33. The van der Waals surface area contributed by atoms with Gasteiger partial charge in [0.05, 0.1) is 11.4 Å². The van der Waals surface area contributed by atoms with Crippen molar-refractivity contribution in [3.8, 4) is 16.9 Å². The molecule has 0 radical (unpaired) electrons. The van der Waals surface area contributed by atoms with Gasteiger partial charge in [0.1, 0.15) is 17.2 Å². The Morgan fingerprint density at radius 3 is 2.20 bits per heavy atom. The quantitative estimate of drug-likeness (QED) is 0.795. The summed E-state index contributed by atoms with van der Waals surface area (Å²) in [5.74, 6) is -2.69. The van der Waals surface area contributed by atoms with E-state index in [0.29, 0.717) is 11.6 Å². The minimum Gasteiger partial charge on any atom is -0.365 e. The smallest absolute Gasteiger partial charge is 0.284 e. The highest BCUT2D eigenvalue weighted by Gasteiger charge is 2.16. The first-order valence-corrected chi connectivity index (χ1v) is 7.33. The minimum absolute atomic E-state index is 0.140. The van der Waals surface area contributed by atoms with Gasteiger partial charge in [0.2, 0.25) is 0 Å². The highest BCUT2D eigenvalue weighted by molar-refractivity contribution is 5.93. The second kappa shape index (κ2) is 6.27. The zero-order valence-corrected chi connectivity index (χ0v) is 13.2. The molecular weight excluding hydrogens is 328 g/mol. The molecule has 126 valence electrons. The maximum Gasteiger partial charge on any atom is 0.284 e. The third kappa shape index (κ3) is 3.30. The molecule has 0 aliphatic heterocycles. The number of hydrogen-bond acceptors (Lipinski definition) is 3. The summed E-state index contributed by atoms with van der Waals surface area (Å²) in [6, 6.07) is 11.0. The van der Waals surface area contributed by atoms with E-state index in [1.165, 1.54) is 6.07 Å². The van der Waals surface area contributed by atoms with Gasteiger partial charge in [0.25, 0.3) is 11.5 Å². The minimum atomic E-state index is -0.952. The molecule has 0 atom stereocenters. The number of nitrogens with two attached hydrogens (primary N) is 1. The number of aryl methyl sites for hydroxylation is 1. The van der Waals surface area contributed by atoms with Crippen molar-refractivity contribution in [3.05, 3.63) is 81.6 Å². The lowest BCUT2D eigenvalue weighted by atomic mass is 10.1. The Labute approximate surface area is 141 Å². The van der Waals surface area contributed by atoms with E-state index >= 15 is 0 Å². The molecule has 1 aromatic heterocycles. The van der Waals surface area contributed by atoms with Gasteiger partial charge < -0.3 is 5.73 Å². The molecule has 7 heteroatoms. The van der Waals surface area contributed by atoms with Crippen molar-refractivity contribution >= 4 is 5.91 Å². The third-order valence-corrected chi connectivity index (χ3v) is 3.62. The predicted octanol–water partition coefficient (Wildman–Crippen LogP) is 2.59. The molecular formula is C18H13F2N3O2. The van der Waals surface area contributed by atoms with Crippen LogP contribution >= 0.6 is 0 Å². The zero-order chi connectivity index (χ0) is 18.1. The van der Waals surface area contributed by atoms with Crippen LogP contribution in [0.3, 0.4) is 0 Å². The molecule has 1 heterocycles. The summed E-state index contributed by atoms with van der Waals surface area (Å²) in [4.78, 5) is 24.0. The molecule has 0 spiro atoms. The molecule has 0 aliphatic carbocycles. The van der Waals surface area contributed by atoms with Crippen molar-refractivity contribution in [2.45, 2.75) is 6.92 Å². The second-order valence-corrected chi connectivity index (χ2v) is 5.52. The summed E-state index contributed by atoms with van der Waals surface area (Å²) in [5, 5.41) is 4.13. The van der Waals surface area contributed by atoms with Crippen molar-refractivity contribution in [1.82, 2.24) is 9.78 Å². The molecule has 2 aromatic carbocycles. The number of amides is 1. The van der Waals surface area contributed by atoms with Gasteiger partial charge in [-0.3, -0.25) is 9.59 Å². The van der Waals surface area contributed by atoms with Gasteiger partial charge in [-0.25, -0.2) is 8.78 Å². The van der Waals surface area contributed by atoms with E-state index in [9.17, 15) is 18.4 Å². The Kier molecular flexibility index (Phi) is 4.14. The monoisotopic (exact) mass is 341 g/mol. The molecule has 0 fully saturated rings. The fraction of sp³-hybridized carbons (Fsp3) is 0.0556.